The monoisotopic (exact) mass is 251 g/mol. The van der Waals surface area contributed by atoms with Gasteiger partial charge in [0.25, 0.3) is 0 Å². The lowest BCUT2D eigenvalue weighted by atomic mass is 10.4. The third-order valence-electron chi connectivity index (χ3n) is 1.67. The maximum Gasteiger partial charge on any atom is 0.182 e. The van der Waals surface area contributed by atoms with Crippen LogP contribution >= 0.6 is 11.5 Å². The van der Waals surface area contributed by atoms with E-state index < -0.39 is 9.84 Å². The first-order valence-corrected chi connectivity index (χ1v) is 6.93. The van der Waals surface area contributed by atoms with Crippen LogP contribution in [0.25, 0.3) is 0 Å². The Bertz CT molecular complexity index is 427. The molecule has 0 radical (unpaired) electrons. The molecule has 0 fully saturated rings. The van der Waals surface area contributed by atoms with E-state index in [0.29, 0.717) is 18.0 Å². The fourth-order valence-corrected chi connectivity index (χ4v) is 3.14. The Morgan fingerprint density at radius 2 is 2.27 bits per heavy atom. The highest BCUT2D eigenvalue weighted by Crippen LogP contribution is 2.30. The number of nitrogens with two attached hydrogens (primary N) is 1. The van der Waals surface area contributed by atoms with Crippen LogP contribution in [0.2, 0.25) is 0 Å². The van der Waals surface area contributed by atoms with Crippen molar-refractivity contribution in [3.63, 3.8) is 0 Å². The van der Waals surface area contributed by atoms with Crippen LogP contribution in [-0.4, -0.2) is 37.3 Å². The van der Waals surface area contributed by atoms with Crippen LogP contribution in [-0.2, 0) is 9.84 Å². The molecular formula is C7H13N3O3S2. The van der Waals surface area contributed by atoms with E-state index in [1.165, 1.54) is 0 Å². The van der Waals surface area contributed by atoms with Crippen LogP contribution in [0, 0.1) is 0 Å². The molecule has 0 spiro atoms. The smallest absolute Gasteiger partial charge is 0.182 e. The van der Waals surface area contributed by atoms with Crippen LogP contribution in [0.5, 0.6) is 0 Å². The third kappa shape index (κ3) is 3.05. The Morgan fingerprint density at radius 3 is 2.80 bits per heavy atom. The molecule has 0 bridgehead atoms. The molecule has 1 aromatic rings. The highest BCUT2D eigenvalue weighted by molar-refractivity contribution is 7.91. The van der Waals surface area contributed by atoms with Crippen LogP contribution in [0.1, 0.15) is 6.42 Å². The highest BCUT2D eigenvalue weighted by Gasteiger charge is 2.20. The Labute approximate surface area is 92.2 Å². The number of aliphatic hydroxyl groups excluding tert-OH is 1. The van der Waals surface area contributed by atoms with E-state index in [-0.39, 0.29) is 17.3 Å². The summed E-state index contributed by atoms with van der Waals surface area (Å²) in [5, 5.41) is 11.9. The summed E-state index contributed by atoms with van der Waals surface area (Å²) in [7, 11) is -3.36. The van der Waals surface area contributed by atoms with E-state index in [4.69, 9.17) is 10.8 Å². The Kier molecular flexibility index (Phi) is 3.89. The second-order valence-corrected chi connectivity index (χ2v) is 5.73. The van der Waals surface area contributed by atoms with E-state index >= 15 is 0 Å². The largest absolute Gasteiger partial charge is 0.396 e. The lowest BCUT2D eigenvalue weighted by molar-refractivity contribution is 0.292. The zero-order valence-corrected chi connectivity index (χ0v) is 9.86. The molecular weight excluding hydrogens is 238 g/mol. The van der Waals surface area contributed by atoms with Gasteiger partial charge in [0.1, 0.15) is 9.90 Å². The summed E-state index contributed by atoms with van der Waals surface area (Å²) in [5.41, 5.74) is 5.46. The number of anilines is 2. The predicted octanol–water partition coefficient (Wildman–Crippen LogP) is -0.0769. The van der Waals surface area contributed by atoms with Gasteiger partial charge in [-0.3, -0.25) is 0 Å². The average molecular weight is 251 g/mol. The summed E-state index contributed by atoms with van der Waals surface area (Å²) >= 11 is 1.01. The van der Waals surface area contributed by atoms with E-state index in [1.807, 2.05) is 0 Å². The lowest BCUT2D eigenvalue weighted by Crippen LogP contribution is -2.07. The van der Waals surface area contributed by atoms with E-state index in [1.54, 1.807) is 0 Å². The number of rotatable bonds is 5. The molecule has 0 saturated heterocycles. The molecule has 0 aliphatic carbocycles. The number of sulfone groups is 1. The molecule has 8 heteroatoms. The van der Waals surface area contributed by atoms with E-state index in [9.17, 15) is 8.42 Å². The molecule has 0 atom stereocenters. The molecule has 6 nitrogen and oxygen atoms in total. The first-order valence-electron chi connectivity index (χ1n) is 4.26. The van der Waals surface area contributed by atoms with Crippen LogP contribution in [0.15, 0.2) is 4.90 Å². The Morgan fingerprint density at radius 1 is 1.60 bits per heavy atom. The molecule has 0 saturated carbocycles. The number of aliphatic hydroxyl groups is 1. The number of hydrogen-bond acceptors (Lipinski definition) is 7. The number of nitrogens with zero attached hydrogens (tertiary/aromatic N) is 1. The van der Waals surface area contributed by atoms with Crippen LogP contribution in [0.3, 0.4) is 0 Å². The molecule has 0 amide bonds. The molecule has 0 unspecified atom stereocenters. The van der Waals surface area contributed by atoms with Gasteiger partial charge in [-0.2, -0.15) is 4.37 Å². The number of nitrogen functional groups attached to an aromatic ring is 1. The van der Waals surface area contributed by atoms with Gasteiger partial charge in [-0.1, -0.05) is 0 Å². The van der Waals surface area contributed by atoms with E-state index in [2.05, 4.69) is 9.69 Å². The number of aromatic nitrogens is 1. The minimum Gasteiger partial charge on any atom is -0.396 e. The Balaban J connectivity index is 2.90. The molecule has 86 valence electrons. The Hall–Kier alpha value is -0.860. The van der Waals surface area contributed by atoms with Crippen molar-refractivity contribution in [3.8, 4) is 0 Å². The number of nitrogens with one attached hydrogen (secondary N) is 1. The van der Waals surface area contributed by atoms with Crippen molar-refractivity contribution in [2.45, 2.75) is 11.3 Å². The van der Waals surface area contributed by atoms with Crippen molar-refractivity contribution in [1.29, 1.82) is 0 Å². The van der Waals surface area contributed by atoms with Crippen molar-refractivity contribution in [3.05, 3.63) is 0 Å². The van der Waals surface area contributed by atoms with Crippen LogP contribution < -0.4 is 11.1 Å². The predicted molar refractivity (Wildman–Crippen MR) is 59.8 cm³/mol. The van der Waals surface area contributed by atoms with Gasteiger partial charge < -0.3 is 16.2 Å². The minimum atomic E-state index is -3.36. The van der Waals surface area contributed by atoms with Crippen molar-refractivity contribution in [1.82, 2.24) is 4.37 Å². The van der Waals surface area contributed by atoms with Gasteiger partial charge in [0.15, 0.2) is 15.7 Å². The summed E-state index contributed by atoms with van der Waals surface area (Å²) in [6, 6.07) is 0. The van der Waals surface area contributed by atoms with Gasteiger partial charge in [0.05, 0.1) is 0 Å². The van der Waals surface area contributed by atoms with Gasteiger partial charge in [-0.15, -0.1) is 0 Å². The topological polar surface area (TPSA) is 105 Å². The summed E-state index contributed by atoms with van der Waals surface area (Å²) in [5.74, 6) is 0.0222. The fourth-order valence-electron chi connectivity index (χ4n) is 1.05. The lowest BCUT2D eigenvalue weighted by Gasteiger charge is -2.04. The second kappa shape index (κ2) is 4.77. The molecule has 1 aromatic heterocycles. The molecule has 0 aromatic carbocycles. The maximum absolute atomic E-state index is 11.4. The molecule has 15 heavy (non-hydrogen) atoms. The standard InChI is InChI=1S/C7H13N3O3S2/c1-15(12,13)5-6(8)10-14-7(5)9-3-2-4-11/h9,11H,2-4H2,1H3,(H2,8,10). The summed E-state index contributed by atoms with van der Waals surface area (Å²) < 4.78 is 26.5. The quantitative estimate of drug-likeness (QED) is 0.632. The van der Waals surface area contributed by atoms with Crippen LogP contribution in [0.4, 0.5) is 10.8 Å². The highest BCUT2D eigenvalue weighted by atomic mass is 32.2. The average Bonchev–Trinajstić information content (AvgIpc) is 2.47. The molecule has 1 heterocycles. The summed E-state index contributed by atoms with van der Waals surface area (Å²) in [4.78, 5) is 0.0467. The molecule has 1 rings (SSSR count). The third-order valence-corrected chi connectivity index (χ3v) is 3.77. The zero-order chi connectivity index (χ0) is 11.5. The van der Waals surface area contributed by atoms with Crippen molar-refractivity contribution in [2.24, 2.45) is 0 Å². The van der Waals surface area contributed by atoms with Gasteiger partial charge in [-0.05, 0) is 18.0 Å². The van der Waals surface area contributed by atoms with Crippen molar-refractivity contribution in [2.75, 3.05) is 30.5 Å². The van der Waals surface area contributed by atoms with Gasteiger partial charge in [0.2, 0.25) is 0 Å². The second-order valence-electron chi connectivity index (χ2n) is 3.00. The van der Waals surface area contributed by atoms with Gasteiger partial charge >= 0.3 is 0 Å². The minimum absolute atomic E-state index is 0.0222. The number of hydrogen-bond donors (Lipinski definition) is 3. The van der Waals surface area contributed by atoms with Gasteiger partial charge in [0, 0.05) is 19.4 Å². The van der Waals surface area contributed by atoms with E-state index in [0.717, 1.165) is 17.8 Å². The first-order chi connectivity index (χ1) is 6.96. The van der Waals surface area contributed by atoms with Gasteiger partial charge in [-0.25, -0.2) is 8.42 Å². The van der Waals surface area contributed by atoms with Crippen molar-refractivity contribution >= 4 is 32.2 Å². The van der Waals surface area contributed by atoms with Crippen molar-refractivity contribution < 1.29 is 13.5 Å². The fraction of sp³-hybridized carbons (Fsp3) is 0.571. The maximum atomic E-state index is 11.4. The normalized spacial score (nSPS) is 11.6. The molecule has 4 N–H and O–H groups in total. The summed E-state index contributed by atoms with van der Waals surface area (Å²) in [6.45, 7) is 0.538. The first kappa shape index (κ1) is 12.2. The SMILES string of the molecule is CS(=O)(=O)c1c(N)nsc1NCCCO. The summed E-state index contributed by atoms with van der Waals surface area (Å²) in [6.07, 6.45) is 1.63. The molecule has 0 aliphatic rings. The molecule has 0 aliphatic heterocycles. The zero-order valence-electron chi connectivity index (χ0n) is 8.23.